The molecule has 128 valence electrons. The highest BCUT2D eigenvalue weighted by Crippen LogP contribution is 2.22. The highest BCUT2D eigenvalue weighted by Gasteiger charge is 2.26. The summed E-state index contributed by atoms with van der Waals surface area (Å²) in [6, 6.07) is 7.73. The molecule has 1 aliphatic rings. The van der Waals surface area contributed by atoms with Crippen molar-refractivity contribution < 1.29 is 9.53 Å². The van der Waals surface area contributed by atoms with Crippen molar-refractivity contribution in [3.63, 3.8) is 0 Å². The number of nitrogens with one attached hydrogen (secondary N) is 1. The van der Waals surface area contributed by atoms with E-state index in [-0.39, 0.29) is 11.7 Å². The summed E-state index contributed by atoms with van der Waals surface area (Å²) in [6.45, 7) is 8.36. The lowest BCUT2D eigenvalue weighted by molar-refractivity contribution is 0.0240. The molecular weight excluding hydrogens is 306 g/mol. The zero-order valence-electron chi connectivity index (χ0n) is 14.3. The molecule has 3 rings (SSSR count). The second-order valence-electron chi connectivity index (χ2n) is 7.03. The summed E-state index contributed by atoms with van der Waals surface area (Å²) in [4.78, 5) is 30.5. The number of nitrogens with zero attached hydrogens (tertiary/aromatic N) is 2. The van der Waals surface area contributed by atoms with Crippen molar-refractivity contribution in [2.45, 2.75) is 26.4 Å². The van der Waals surface area contributed by atoms with Gasteiger partial charge < -0.3 is 19.5 Å². The monoisotopic (exact) mass is 329 g/mol. The number of pyridine rings is 1. The first-order valence-corrected chi connectivity index (χ1v) is 8.18. The topological polar surface area (TPSA) is 65.6 Å². The molecule has 1 amide bonds. The Hall–Kier alpha value is -2.50. The molecule has 1 aromatic carbocycles. The molecule has 1 aromatic heterocycles. The smallest absolute Gasteiger partial charge is 0.410 e. The Morgan fingerprint density at radius 3 is 2.50 bits per heavy atom. The van der Waals surface area contributed by atoms with Crippen LogP contribution in [-0.2, 0) is 4.74 Å². The molecule has 0 atom stereocenters. The number of hydrogen-bond acceptors (Lipinski definition) is 4. The van der Waals surface area contributed by atoms with Crippen LogP contribution in [0.3, 0.4) is 0 Å². The van der Waals surface area contributed by atoms with Crippen LogP contribution in [-0.4, -0.2) is 47.8 Å². The molecule has 0 radical (unpaired) electrons. The van der Waals surface area contributed by atoms with Crippen LogP contribution in [0.2, 0.25) is 0 Å². The van der Waals surface area contributed by atoms with Crippen molar-refractivity contribution in [3.8, 4) is 0 Å². The Balaban J connectivity index is 1.69. The van der Waals surface area contributed by atoms with Crippen LogP contribution in [0.15, 0.2) is 35.3 Å². The molecule has 1 N–H and O–H groups in total. The molecule has 0 spiro atoms. The fraction of sp³-hybridized carbons (Fsp3) is 0.444. The highest BCUT2D eigenvalue weighted by atomic mass is 16.6. The van der Waals surface area contributed by atoms with Crippen LogP contribution >= 0.6 is 0 Å². The first-order valence-electron chi connectivity index (χ1n) is 8.18. The molecule has 0 saturated carbocycles. The number of carbonyl (C=O) groups is 1. The summed E-state index contributed by atoms with van der Waals surface area (Å²) in [7, 11) is 0. The third kappa shape index (κ3) is 3.53. The summed E-state index contributed by atoms with van der Waals surface area (Å²) >= 11 is 0. The van der Waals surface area contributed by atoms with Crippen molar-refractivity contribution in [1.82, 2.24) is 9.88 Å². The first-order chi connectivity index (χ1) is 11.3. The average molecular weight is 329 g/mol. The molecule has 24 heavy (non-hydrogen) atoms. The molecule has 0 aliphatic carbocycles. The molecule has 1 aliphatic heterocycles. The van der Waals surface area contributed by atoms with Crippen molar-refractivity contribution in [2.24, 2.45) is 0 Å². The van der Waals surface area contributed by atoms with E-state index in [2.05, 4.69) is 9.88 Å². The molecule has 1 fully saturated rings. The molecule has 0 unspecified atom stereocenters. The van der Waals surface area contributed by atoms with Gasteiger partial charge in [-0.05, 0) is 50.4 Å². The maximum absolute atomic E-state index is 12.1. The molecule has 2 heterocycles. The van der Waals surface area contributed by atoms with Gasteiger partial charge in [-0.25, -0.2) is 4.79 Å². The van der Waals surface area contributed by atoms with Gasteiger partial charge in [0, 0.05) is 43.4 Å². The van der Waals surface area contributed by atoms with Crippen LogP contribution in [0.25, 0.3) is 10.8 Å². The van der Waals surface area contributed by atoms with Gasteiger partial charge in [0.25, 0.3) is 5.56 Å². The van der Waals surface area contributed by atoms with Gasteiger partial charge in [0.05, 0.1) is 0 Å². The van der Waals surface area contributed by atoms with Crippen LogP contribution in [0.1, 0.15) is 20.8 Å². The molecule has 6 heteroatoms. The van der Waals surface area contributed by atoms with Gasteiger partial charge in [0.15, 0.2) is 0 Å². The summed E-state index contributed by atoms with van der Waals surface area (Å²) < 4.78 is 5.42. The van der Waals surface area contributed by atoms with Crippen LogP contribution in [0, 0.1) is 0 Å². The Labute approximate surface area is 141 Å². The zero-order chi connectivity index (χ0) is 17.3. The second kappa shape index (κ2) is 6.19. The van der Waals surface area contributed by atoms with Gasteiger partial charge in [-0.2, -0.15) is 0 Å². The van der Waals surface area contributed by atoms with E-state index in [1.165, 1.54) is 0 Å². The Morgan fingerprint density at radius 2 is 1.83 bits per heavy atom. The summed E-state index contributed by atoms with van der Waals surface area (Å²) in [6.07, 6.45) is 1.40. The van der Waals surface area contributed by atoms with Gasteiger partial charge in [-0.1, -0.05) is 0 Å². The quantitative estimate of drug-likeness (QED) is 0.873. The highest BCUT2D eigenvalue weighted by molar-refractivity contribution is 5.85. The number of aromatic amines is 1. The minimum atomic E-state index is -0.473. The number of rotatable bonds is 1. The van der Waals surface area contributed by atoms with E-state index in [1.54, 1.807) is 11.1 Å². The van der Waals surface area contributed by atoms with Gasteiger partial charge in [0.1, 0.15) is 5.60 Å². The molecule has 0 bridgehead atoms. The molecule has 1 saturated heterocycles. The van der Waals surface area contributed by atoms with E-state index in [4.69, 9.17) is 4.74 Å². The van der Waals surface area contributed by atoms with E-state index >= 15 is 0 Å². The first kappa shape index (κ1) is 16.4. The summed E-state index contributed by atoms with van der Waals surface area (Å²) in [5.41, 5.74) is 0.519. The third-order valence-electron chi connectivity index (χ3n) is 4.05. The molecular formula is C18H23N3O3. The van der Waals surface area contributed by atoms with Crippen LogP contribution in [0.5, 0.6) is 0 Å². The second-order valence-corrected chi connectivity index (χ2v) is 7.03. The predicted molar refractivity (Wildman–Crippen MR) is 94.6 cm³/mol. The lowest BCUT2D eigenvalue weighted by atomic mass is 10.1. The summed E-state index contributed by atoms with van der Waals surface area (Å²) in [5.74, 6) is 0. The van der Waals surface area contributed by atoms with Crippen LogP contribution in [0.4, 0.5) is 10.5 Å². The number of ether oxygens (including phenoxy) is 1. The third-order valence-corrected chi connectivity index (χ3v) is 4.05. The number of H-pyrrole nitrogens is 1. The number of amides is 1. The number of benzene rings is 1. The molecule has 2 aromatic rings. The zero-order valence-corrected chi connectivity index (χ0v) is 14.3. The number of piperazine rings is 1. The Bertz CT molecular complexity index is 799. The van der Waals surface area contributed by atoms with Crippen LogP contribution < -0.4 is 10.5 Å². The molecule has 6 nitrogen and oxygen atoms in total. The number of carbonyl (C=O) groups excluding carboxylic acids is 1. The SMILES string of the molecule is CC(C)(C)OC(=O)N1CCN(c2ccc3c(=O)[nH]ccc3c2)CC1. The normalized spacial score (nSPS) is 15.6. The van der Waals surface area contributed by atoms with Crippen molar-refractivity contribution in [1.29, 1.82) is 0 Å². The summed E-state index contributed by atoms with van der Waals surface area (Å²) in [5, 5.41) is 1.61. The van der Waals surface area contributed by atoms with E-state index in [1.807, 2.05) is 45.0 Å². The largest absolute Gasteiger partial charge is 0.444 e. The van der Waals surface area contributed by atoms with E-state index in [9.17, 15) is 9.59 Å². The number of hydrogen-bond donors (Lipinski definition) is 1. The predicted octanol–water partition coefficient (Wildman–Crippen LogP) is 2.59. The number of aromatic nitrogens is 1. The minimum Gasteiger partial charge on any atom is -0.444 e. The number of anilines is 1. The standard InChI is InChI=1S/C18H23N3O3/c1-18(2,3)24-17(23)21-10-8-20(9-11-21)14-4-5-15-13(12-14)6-7-19-16(15)22/h4-7,12H,8-11H2,1-3H3,(H,19,22). The van der Waals surface area contributed by atoms with Gasteiger partial charge >= 0.3 is 6.09 Å². The van der Waals surface area contributed by atoms with Gasteiger partial charge in [-0.3, -0.25) is 4.79 Å². The fourth-order valence-corrected chi connectivity index (χ4v) is 2.85. The van der Waals surface area contributed by atoms with E-state index < -0.39 is 5.60 Å². The Morgan fingerprint density at radius 1 is 1.12 bits per heavy atom. The maximum Gasteiger partial charge on any atom is 0.410 e. The lowest BCUT2D eigenvalue weighted by Gasteiger charge is -2.36. The minimum absolute atomic E-state index is 0.0752. The Kier molecular flexibility index (Phi) is 4.22. The fourth-order valence-electron chi connectivity index (χ4n) is 2.85. The van der Waals surface area contributed by atoms with E-state index in [0.29, 0.717) is 18.5 Å². The van der Waals surface area contributed by atoms with Crippen molar-refractivity contribution >= 4 is 22.6 Å². The van der Waals surface area contributed by atoms with Crippen molar-refractivity contribution in [2.75, 3.05) is 31.1 Å². The average Bonchev–Trinajstić information content (AvgIpc) is 2.53. The van der Waals surface area contributed by atoms with Crippen molar-refractivity contribution in [3.05, 3.63) is 40.8 Å². The maximum atomic E-state index is 12.1. The lowest BCUT2D eigenvalue weighted by Crippen LogP contribution is -2.50. The number of fused-ring (bicyclic) bond motifs is 1. The van der Waals surface area contributed by atoms with Gasteiger partial charge in [-0.15, -0.1) is 0 Å². The van der Waals surface area contributed by atoms with Gasteiger partial charge in [0.2, 0.25) is 0 Å². The van der Waals surface area contributed by atoms with E-state index in [0.717, 1.165) is 24.2 Å².